The van der Waals surface area contributed by atoms with Crippen molar-refractivity contribution in [3.8, 4) is 0 Å². The highest BCUT2D eigenvalue weighted by atomic mass is 35.6. The minimum absolute atomic E-state index is 0.0243. The Balaban J connectivity index is 2.24. The van der Waals surface area contributed by atoms with Gasteiger partial charge in [-0.15, -0.1) is 0 Å². The summed E-state index contributed by atoms with van der Waals surface area (Å²) in [5.41, 5.74) is 0. The summed E-state index contributed by atoms with van der Waals surface area (Å²) in [5, 5.41) is 0. The average molecular weight is 217 g/mol. The van der Waals surface area contributed by atoms with E-state index in [1.165, 1.54) is 0 Å². The number of ether oxygens (including phenoxy) is 1. The molecule has 0 aromatic heterocycles. The van der Waals surface area contributed by atoms with E-state index in [-0.39, 0.29) is 6.10 Å². The maximum atomic E-state index is 5.56. The van der Waals surface area contributed by atoms with Crippen molar-refractivity contribution in [1.29, 1.82) is 0 Å². The molecular formula is C7H10Cl3O. The van der Waals surface area contributed by atoms with Crippen molar-refractivity contribution < 1.29 is 4.74 Å². The first-order chi connectivity index (χ1) is 5.08. The summed E-state index contributed by atoms with van der Waals surface area (Å²) in [6, 6.07) is 0. The number of rotatable bonds is 1. The summed E-state index contributed by atoms with van der Waals surface area (Å²) in [4.78, 5) is 0. The lowest BCUT2D eigenvalue weighted by Gasteiger charge is -2.24. The number of hydrogen-bond donors (Lipinski definition) is 0. The Labute approximate surface area is 81.9 Å². The Hall–Kier alpha value is 0.830. The molecule has 1 radical (unpaired) electrons. The monoisotopic (exact) mass is 215 g/mol. The molecular weight excluding hydrogens is 206 g/mol. The van der Waals surface area contributed by atoms with Gasteiger partial charge in [0.2, 0.25) is 0 Å². The first-order valence-corrected chi connectivity index (χ1v) is 4.76. The molecule has 0 amide bonds. The zero-order valence-electron chi connectivity index (χ0n) is 6.03. The highest BCUT2D eigenvalue weighted by Gasteiger charge is 2.27. The van der Waals surface area contributed by atoms with E-state index in [0.29, 0.717) is 0 Å². The summed E-state index contributed by atoms with van der Waals surface area (Å²) in [7, 11) is 0. The summed E-state index contributed by atoms with van der Waals surface area (Å²) < 4.78 is 4.07. The van der Waals surface area contributed by atoms with Gasteiger partial charge in [-0.2, -0.15) is 0 Å². The van der Waals surface area contributed by atoms with Gasteiger partial charge in [0, 0.05) is 13.0 Å². The molecule has 1 rings (SSSR count). The average Bonchev–Trinajstić information content (AvgIpc) is 1.85. The molecule has 1 atom stereocenters. The van der Waals surface area contributed by atoms with Gasteiger partial charge in [0.05, 0.1) is 6.10 Å². The Kier molecular flexibility index (Phi) is 3.76. The Morgan fingerprint density at radius 3 is 2.45 bits per heavy atom. The lowest BCUT2D eigenvalue weighted by Crippen LogP contribution is -2.25. The fourth-order valence-corrected chi connectivity index (χ4v) is 1.53. The van der Waals surface area contributed by atoms with Crippen molar-refractivity contribution >= 4 is 34.8 Å². The highest BCUT2D eigenvalue weighted by Crippen LogP contribution is 2.33. The number of halogens is 3. The third-order valence-electron chi connectivity index (χ3n) is 1.59. The molecule has 0 aromatic carbocycles. The van der Waals surface area contributed by atoms with Crippen molar-refractivity contribution in [3.63, 3.8) is 0 Å². The van der Waals surface area contributed by atoms with Gasteiger partial charge in [0.25, 0.3) is 0 Å². The van der Waals surface area contributed by atoms with E-state index in [2.05, 4.69) is 0 Å². The van der Waals surface area contributed by atoms with Gasteiger partial charge in [-0.05, 0) is 19.3 Å². The third-order valence-corrected chi connectivity index (χ3v) is 1.97. The quantitative estimate of drug-likeness (QED) is 0.612. The smallest absolute Gasteiger partial charge is 0.196 e. The number of hydrogen-bond acceptors (Lipinski definition) is 1. The molecule has 1 saturated heterocycles. The van der Waals surface area contributed by atoms with E-state index in [0.717, 1.165) is 25.9 Å². The van der Waals surface area contributed by atoms with E-state index in [1.54, 1.807) is 6.42 Å². The SMILES string of the molecule is ClC(Cl)(Cl)[CH]C1CCCCO1. The lowest BCUT2D eigenvalue weighted by molar-refractivity contribution is 0.0358. The first kappa shape index (κ1) is 9.91. The highest BCUT2D eigenvalue weighted by molar-refractivity contribution is 6.68. The molecule has 4 heteroatoms. The van der Waals surface area contributed by atoms with E-state index in [1.807, 2.05) is 0 Å². The second-order valence-electron chi connectivity index (χ2n) is 2.61. The normalized spacial score (nSPS) is 27.0. The van der Waals surface area contributed by atoms with E-state index in [9.17, 15) is 0 Å². The van der Waals surface area contributed by atoms with Gasteiger partial charge in [-0.1, -0.05) is 34.8 Å². The lowest BCUT2D eigenvalue weighted by atomic mass is 10.1. The van der Waals surface area contributed by atoms with Gasteiger partial charge < -0.3 is 4.74 Å². The van der Waals surface area contributed by atoms with Crippen LogP contribution in [0, 0.1) is 6.42 Å². The molecule has 0 bridgehead atoms. The van der Waals surface area contributed by atoms with E-state index in [4.69, 9.17) is 39.5 Å². The Morgan fingerprint density at radius 1 is 1.27 bits per heavy atom. The maximum absolute atomic E-state index is 5.56. The fraction of sp³-hybridized carbons (Fsp3) is 0.857. The van der Waals surface area contributed by atoms with Crippen LogP contribution in [-0.2, 0) is 4.74 Å². The third kappa shape index (κ3) is 4.41. The Bertz CT molecular complexity index is 115. The predicted molar refractivity (Wildman–Crippen MR) is 48.2 cm³/mol. The van der Waals surface area contributed by atoms with Gasteiger partial charge in [-0.3, -0.25) is 0 Å². The topological polar surface area (TPSA) is 9.23 Å². The second-order valence-corrected chi connectivity index (χ2v) is 4.98. The minimum atomic E-state index is -1.28. The summed E-state index contributed by atoms with van der Waals surface area (Å²) in [5.74, 6) is 0. The second kappa shape index (κ2) is 4.18. The molecule has 1 nitrogen and oxygen atoms in total. The summed E-state index contributed by atoms with van der Waals surface area (Å²) in [6.07, 6.45) is 4.88. The van der Waals surface area contributed by atoms with E-state index < -0.39 is 3.79 Å². The minimum Gasteiger partial charge on any atom is -0.378 e. The molecule has 0 saturated carbocycles. The van der Waals surface area contributed by atoms with Crippen LogP contribution in [0.25, 0.3) is 0 Å². The summed E-state index contributed by atoms with van der Waals surface area (Å²) >= 11 is 16.7. The van der Waals surface area contributed by atoms with Gasteiger partial charge in [0.1, 0.15) is 0 Å². The standard InChI is InChI=1S/C7H10Cl3O/c8-7(9,10)5-6-3-1-2-4-11-6/h5-6H,1-4H2. The largest absolute Gasteiger partial charge is 0.378 e. The van der Waals surface area contributed by atoms with Gasteiger partial charge >= 0.3 is 0 Å². The van der Waals surface area contributed by atoms with Crippen molar-refractivity contribution in [3.05, 3.63) is 6.42 Å². The van der Waals surface area contributed by atoms with Crippen LogP contribution in [0.2, 0.25) is 0 Å². The van der Waals surface area contributed by atoms with Crippen LogP contribution >= 0.6 is 34.8 Å². The van der Waals surface area contributed by atoms with Crippen LogP contribution in [0.3, 0.4) is 0 Å². The van der Waals surface area contributed by atoms with Crippen molar-refractivity contribution in [2.75, 3.05) is 6.61 Å². The van der Waals surface area contributed by atoms with Gasteiger partial charge in [-0.25, -0.2) is 0 Å². The first-order valence-electron chi connectivity index (χ1n) is 3.62. The molecule has 1 aliphatic heterocycles. The predicted octanol–water partition coefficient (Wildman–Crippen LogP) is 3.13. The molecule has 11 heavy (non-hydrogen) atoms. The van der Waals surface area contributed by atoms with Crippen molar-refractivity contribution in [2.24, 2.45) is 0 Å². The molecule has 0 aromatic rings. The van der Waals surface area contributed by atoms with Gasteiger partial charge in [0.15, 0.2) is 3.79 Å². The van der Waals surface area contributed by atoms with Crippen molar-refractivity contribution in [2.45, 2.75) is 29.2 Å². The van der Waals surface area contributed by atoms with Crippen LogP contribution in [0.15, 0.2) is 0 Å². The van der Waals surface area contributed by atoms with Crippen molar-refractivity contribution in [1.82, 2.24) is 0 Å². The molecule has 0 spiro atoms. The fourth-order valence-electron chi connectivity index (χ4n) is 1.11. The number of alkyl halides is 3. The molecule has 0 aliphatic carbocycles. The zero-order chi connectivity index (χ0) is 8.32. The summed E-state index contributed by atoms with van der Waals surface area (Å²) in [6.45, 7) is 0.780. The van der Waals surface area contributed by atoms with Crippen LogP contribution in [-0.4, -0.2) is 16.5 Å². The Morgan fingerprint density at radius 2 is 2.00 bits per heavy atom. The molecule has 1 fully saturated rings. The van der Waals surface area contributed by atoms with Crippen LogP contribution in [0.1, 0.15) is 19.3 Å². The molecule has 1 unspecified atom stereocenters. The van der Waals surface area contributed by atoms with Crippen LogP contribution in [0.4, 0.5) is 0 Å². The zero-order valence-corrected chi connectivity index (χ0v) is 8.29. The maximum Gasteiger partial charge on any atom is 0.196 e. The van der Waals surface area contributed by atoms with Crippen LogP contribution < -0.4 is 0 Å². The van der Waals surface area contributed by atoms with E-state index >= 15 is 0 Å². The molecule has 1 aliphatic rings. The molecule has 65 valence electrons. The molecule has 1 heterocycles. The van der Waals surface area contributed by atoms with Crippen LogP contribution in [0.5, 0.6) is 0 Å². The molecule has 0 N–H and O–H groups in total.